The molecule has 1 aromatic carbocycles. The van der Waals surface area contributed by atoms with E-state index in [0.29, 0.717) is 0 Å². The quantitative estimate of drug-likeness (QED) is 0.611. The van der Waals surface area contributed by atoms with Crippen molar-refractivity contribution in [2.24, 2.45) is 0 Å². The summed E-state index contributed by atoms with van der Waals surface area (Å²) in [5.41, 5.74) is 3.63. The van der Waals surface area contributed by atoms with Crippen LogP contribution in [0.5, 0.6) is 0 Å². The van der Waals surface area contributed by atoms with Crippen molar-refractivity contribution in [3.05, 3.63) is 50.9 Å². The number of fused-ring (bicyclic) bond motifs is 5. The van der Waals surface area contributed by atoms with Crippen LogP contribution in [0.2, 0.25) is 0 Å². The van der Waals surface area contributed by atoms with Crippen LogP contribution in [0, 0.1) is 0 Å². The molecule has 2 aromatic heterocycles. The maximum atomic E-state index is 12.4. The van der Waals surface area contributed by atoms with Gasteiger partial charge in [0.25, 0.3) is 5.56 Å². The fourth-order valence-corrected chi connectivity index (χ4v) is 4.18. The van der Waals surface area contributed by atoms with E-state index >= 15 is 0 Å². The van der Waals surface area contributed by atoms with Gasteiger partial charge in [-0.05, 0) is 17.5 Å². The van der Waals surface area contributed by atoms with Gasteiger partial charge < -0.3 is 4.98 Å². The van der Waals surface area contributed by atoms with Crippen LogP contribution < -0.4 is 5.56 Å². The molecule has 0 aliphatic heterocycles. The number of hydrogen-bond acceptors (Lipinski definition) is 3. The molecule has 1 aliphatic rings. The van der Waals surface area contributed by atoms with Gasteiger partial charge in [-0.25, -0.2) is 4.98 Å². The van der Waals surface area contributed by atoms with E-state index in [-0.39, 0.29) is 5.56 Å². The van der Waals surface area contributed by atoms with Crippen LogP contribution in [-0.2, 0) is 12.8 Å². The summed E-state index contributed by atoms with van der Waals surface area (Å²) in [5.74, 6) is 0.804. The summed E-state index contributed by atoms with van der Waals surface area (Å²) in [5, 5.41) is 0.773. The summed E-state index contributed by atoms with van der Waals surface area (Å²) >= 11 is 1.67. The molecular formula is C16H14N2OS. The number of hydrogen-bond donors (Lipinski definition) is 1. The first-order valence-electron chi connectivity index (χ1n) is 6.90. The first kappa shape index (κ1) is 11.9. The zero-order valence-electron chi connectivity index (χ0n) is 11.2. The van der Waals surface area contributed by atoms with Crippen molar-refractivity contribution < 1.29 is 0 Å². The van der Waals surface area contributed by atoms with Crippen LogP contribution in [0.3, 0.4) is 0 Å². The molecule has 4 heteroatoms. The van der Waals surface area contributed by atoms with Crippen LogP contribution in [0.25, 0.3) is 21.3 Å². The lowest BCUT2D eigenvalue weighted by Gasteiger charge is -2.01. The highest BCUT2D eigenvalue weighted by Crippen LogP contribution is 2.44. The van der Waals surface area contributed by atoms with Crippen molar-refractivity contribution in [2.45, 2.75) is 26.2 Å². The van der Waals surface area contributed by atoms with Crippen molar-refractivity contribution in [1.29, 1.82) is 0 Å². The number of rotatable bonds is 2. The Morgan fingerprint density at radius 2 is 2.20 bits per heavy atom. The Morgan fingerprint density at radius 1 is 1.35 bits per heavy atom. The van der Waals surface area contributed by atoms with Crippen LogP contribution >= 0.6 is 11.3 Å². The highest BCUT2D eigenvalue weighted by Gasteiger charge is 2.25. The predicted molar refractivity (Wildman–Crippen MR) is 82.5 cm³/mol. The third-order valence-electron chi connectivity index (χ3n) is 3.81. The Morgan fingerprint density at radius 3 is 3.05 bits per heavy atom. The van der Waals surface area contributed by atoms with Gasteiger partial charge in [0.05, 0.1) is 5.39 Å². The molecule has 2 heterocycles. The number of thiophene rings is 1. The van der Waals surface area contributed by atoms with E-state index < -0.39 is 0 Å². The topological polar surface area (TPSA) is 45.8 Å². The molecule has 3 nitrogen and oxygen atoms in total. The van der Waals surface area contributed by atoms with Gasteiger partial charge in [-0.2, -0.15) is 0 Å². The Labute approximate surface area is 120 Å². The van der Waals surface area contributed by atoms with Crippen molar-refractivity contribution in [3.63, 3.8) is 0 Å². The van der Waals surface area contributed by atoms with E-state index in [4.69, 9.17) is 0 Å². The molecule has 0 radical (unpaired) electrons. The second-order valence-corrected chi connectivity index (χ2v) is 6.26. The highest BCUT2D eigenvalue weighted by molar-refractivity contribution is 7.19. The average molecular weight is 282 g/mol. The molecule has 4 rings (SSSR count). The number of aryl methyl sites for hydroxylation is 1. The summed E-state index contributed by atoms with van der Waals surface area (Å²) in [7, 11) is 0. The van der Waals surface area contributed by atoms with Crippen molar-refractivity contribution in [3.8, 4) is 11.1 Å². The van der Waals surface area contributed by atoms with E-state index in [1.165, 1.54) is 16.0 Å². The Bertz CT molecular complexity index is 876. The Kier molecular flexibility index (Phi) is 2.54. The molecule has 1 aliphatic carbocycles. The highest BCUT2D eigenvalue weighted by atomic mass is 32.1. The normalized spacial score (nSPS) is 12.7. The van der Waals surface area contributed by atoms with Gasteiger partial charge in [-0.15, -0.1) is 11.3 Å². The maximum absolute atomic E-state index is 12.4. The molecule has 0 saturated heterocycles. The number of nitrogens with one attached hydrogen (secondary N) is 1. The average Bonchev–Trinajstić information content (AvgIpc) is 2.94. The molecule has 0 bridgehead atoms. The minimum atomic E-state index is 0.00709. The first-order chi connectivity index (χ1) is 9.78. The lowest BCUT2D eigenvalue weighted by Crippen LogP contribution is -2.11. The molecule has 0 spiro atoms. The van der Waals surface area contributed by atoms with E-state index in [9.17, 15) is 4.79 Å². The maximum Gasteiger partial charge on any atom is 0.260 e. The molecule has 0 unspecified atom stereocenters. The van der Waals surface area contributed by atoms with Crippen molar-refractivity contribution in [2.75, 3.05) is 0 Å². The van der Waals surface area contributed by atoms with Crippen molar-refractivity contribution >= 4 is 21.6 Å². The lowest BCUT2D eigenvalue weighted by molar-refractivity contribution is 0.838. The summed E-state index contributed by atoms with van der Waals surface area (Å²) in [6.07, 6.45) is 2.74. The molecule has 100 valence electrons. The minimum absolute atomic E-state index is 0.00709. The minimum Gasteiger partial charge on any atom is -0.310 e. The van der Waals surface area contributed by atoms with Crippen molar-refractivity contribution in [1.82, 2.24) is 9.97 Å². The second kappa shape index (κ2) is 4.28. The zero-order chi connectivity index (χ0) is 13.7. The SMILES string of the molecule is CCCc1nc2sc3c(c2c(=O)[nH]1)-c1ccccc1C3. The fraction of sp³-hybridized carbons (Fsp3) is 0.250. The molecular weight excluding hydrogens is 268 g/mol. The third kappa shape index (κ3) is 1.58. The van der Waals surface area contributed by atoms with Gasteiger partial charge in [0.1, 0.15) is 10.7 Å². The first-order valence-corrected chi connectivity index (χ1v) is 7.72. The van der Waals surface area contributed by atoms with Gasteiger partial charge in [-0.3, -0.25) is 4.79 Å². The summed E-state index contributed by atoms with van der Waals surface area (Å²) in [4.78, 5) is 22.1. The van der Waals surface area contributed by atoms with E-state index in [2.05, 4.69) is 35.1 Å². The number of aromatic amines is 1. The molecule has 3 aromatic rings. The monoisotopic (exact) mass is 282 g/mol. The van der Waals surface area contributed by atoms with Crippen LogP contribution in [-0.4, -0.2) is 9.97 Å². The van der Waals surface area contributed by atoms with Gasteiger partial charge in [0.2, 0.25) is 0 Å². The molecule has 0 amide bonds. The smallest absolute Gasteiger partial charge is 0.260 e. The third-order valence-corrected chi connectivity index (χ3v) is 4.89. The van der Waals surface area contributed by atoms with Gasteiger partial charge in [0, 0.05) is 23.3 Å². The van der Waals surface area contributed by atoms with Crippen LogP contribution in [0.15, 0.2) is 29.1 Å². The zero-order valence-corrected chi connectivity index (χ0v) is 12.0. The predicted octanol–water partition coefficient (Wildman–Crippen LogP) is 3.51. The molecule has 0 saturated carbocycles. The molecule has 1 N–H and O–H groups in total. The Hall–Kier alpha value is -1.94. The number of H-pyrrole nitrogens is 1. The summed E-state index contributed by atoms with van der Waals surface area (Å²) < 4.78 is 0. The van der Waals surface area contributed by atoms with Gasteiger partial charge >= 0.3 is 0 Å². The van der Waals surface area contributed by atoms with E-state index in [1.807, 2.05) is 6.07 Å². The van der Waals surface area contributed by atoms with Gasteiger partial charge in [0.15, 0.2) is 0 Å². The van der Waals surface area contributed by atoms with E-state index in [1.54, 1.807) is 11.3 Å². The Balaban J connectivity index is 2.03. The van der Waals surface area contributed by atoms with E-state index in [0.717, 1.165) is 40.9 Å². The molecule has 20 heavy (non-hydrogen) atoms. The van der Waals surface area contributed by atoms with Crippen LogP contribution in [0.1, 0.15) is 29.6 Å². The summed E-state index contributed by atoms with van der Waals surface area (Å²) in [6.45, 7) is 2.09. The number of nitrogens with zero attached hydrogens (tertiary/aromatic N) is 1. The second-order valence-electron chi connectivity index (χ2n) is 5.18. The molecule has 0 atom stereocenters. The standard InChI is InChI=1S/C16H14N2OS/c1-2-5-12-17-15(19)14-13-10-7-4-3-6-9(10)8-11(13)20-16(14)18-12/h3-4,6-7H,2,5,8H2,1H3,(H,17,18,19). The lowest BCUT2D eigenvalue weighted by atomic mass is 10.1. The van der Waals surface area contributed by atoms with Gasteiger partial charge in [-0.1, -0.05) is 31.2 Å². The number of aromatic nitrogens is 2. The fourth-order valence-electron chi connectivity index (χ4n) is 2.95. The van der Waals surface area contributed by atoms with Crippen LogP contribution in [0.4, 0.5) is 0 Å². The number of benzene rings is 1. The summed E-state index contributed by atoms with van der Waals surface area (Å²) in [6, 6.07) is 8.33. The largest absolute Gasteiger partial charge is 0.310 e. The molecule has 0 fully saturated rings.